The van der Waals surface area contributed by atoms with Crippen LogP contribution in [0.3, 0.4) is 0 Å². The van der Waals surface area contributed by atoms with Crippen molar-refractivity contribution < 1.29 is 27.1 Å². The molecule has 1 N–H and O–H groups in total. The highest BCUT2D eigenvalue weighted by atomic mass is 32.2. The highest BCUT2D eigenvalue weighted by molar-refractivity contribution is 7.92. The SMILES string of the molecule is COc1ccc(S(=O)(=O)N(C)c2ccc(C(=O)Nc3ccc4c(c3)oc3ccccc34)cc2)cc1OC. The summed E-state index contributed by atoms with van der Waals surface area (Å²) in [7, 11) is 0.492. The number of hydrogen-bond acceptors (Lipinski definition) is 6. The molecule has 1 heterocycles. The Morgan fingerprint density at radius 1 is 0.811 bits per heavy atom. The smallest absolute Gasteiger partial charge is 0.264 e. The van der Waals surface area contributed by atoms with Crippen molar-refractivity contribution in [3.63, 3.8) is 0 Å². The van der Waals surface area contributed by atoms with Gasteiger partial charge in [-0.3, -0.25) is 9.10 Å². The fourth-order valence-electron chi connectivity index (χ4n) is 4.10. The number of methoxy groups -OCH3 is 2. The molecule has 0 spiro atoms. The fourth-order valence-corrected chi connectivity index (χ4v) is 5.32. The largest absolute Gasteiger partial charge is 0.493 e. The molecule has 0 atom stereocenters. The summed E-state index contributed by atoms with van der Waals surface area (Å²) in [5, 5.41) is 4.85. The molecular weight excluding hydrogens is 492 g/mol. The number of furan rings is 1. The van der Waals surface area contributed by atoms with Gasteiger partial charge in [-0.25, -0.2) is 8.42 Å². The molecule has 9 heteroatoms. The van der Waals surface area contributed by atoms with Gasteiger partial charge in [0.2, 0.25) is 0 Å². The van der Waals surface area contributed by atoms with Crippen molar-refractivity contribution in [2.75, 3.05) is 30.9 Å². The van der Waals surface area contributed by atoms with Gasteiger partial charge in [-0.15, -0.1) is 0 Å². The number of amides is 1. The first kappa shape index (κ1) is 24.2. The van der Waals surface area contributed by atoms with Gasteiger partial charge in [0.15, 0.2) is 11.5 Å². The predicted molar refractivity (Wildman–Crippen MR) is 143 cm³/mol. The van der Waals surface area contributed by atoms with Gasteiger partial charge < -0.3 is 19.2 Å². The molecule has 4 aromatic carbocycles. The summed E-state index contributed by atoms with van der Waals surface area (Å²) in [6.07, 6.45) is 0. The van der Waals surface area contributed by atoms with Gasteiger partial charge in [-0.05, 0) is 54.6 Å². The molecule has 37 heavy (non-hydrogen) atoms. The van der Waals surface area contributed by atoms with Gasteiger partial charge in [-0.2, -0.15) is 0 Å². The lowest BCUT2D eigenvalue weighted by Crippen LogP contribution is -2.26. The molecule has 1 aromatic heterocycles. The van der Waals surface area contributed by atoms with E-state index in [4.69, 9.17) is 13.9 Å². The summed E-state index contributed by atoms with van der Waals surface area (Å²) in [6, 6.07) is 24.0. The van der Waals surface area contributed by atoms with E-state index < -0.39 is 10.0 Å². The Labute approximate surface area is 214 Å². The van der Waals surface area contributed by atoms with E-state index in [0.29, 0.717) is 34.0 Å². The minimum atomic E-state index is -3.88. The monoisotopic (exact) mass is 516 g/mol. The quantitative estimate of drug-likeness (QED) is 0.299. The molecule has 0 aliphatic rings. The Balaban J connectivity index is 1.34. The van der Waals surface area contributed by atoms with Crippen molar-refractivity contribution in [3.05, 3.63) is 90.5 Å². The zero-order valence-electron chi connectivity index (χ0n) is 20.4. The molecule has 0 fully saturated rings. The number of rotatable bonds is 7. The number of carbonyl (C=O) groups is 1. The average Bonchev–Trinajstić information content (AvgIpc) is 3.30. The van der Waals surface area contributed by atoms with Crippen LogP contribution in [-0.4, -0.2) is 35.6 Å². The number of carbonyl (C=O) groups excluding carboxylic acids is 1. The average molecular weight is 517 g/mol. The van der Waals surface area contributed by atoms with Crippen molar-refractivity contribution in [1.82, 2.24) is 0 Å². The van der Waals surface area contributed by atoms with Crippen LogP contribution in [0.25, 0.3) is 21.9 Å². The van der Waals surface area contributed by atoms with Gasteiger partial charge in [0.25, 0.3) is 15.9 Å². The molecule has 1 amide bonds. The van der Waals surface area contributed by atoms with Crippen LogP contribution in [0.5, 0.6) is 11.5 Å². The third-order valence-electron chi connectivity index (χ3n) is 6.14. The molecule has 0 radical (unpaired) electrons. The van der Waals surface area contributed by atoms with E-state index >= 15 is 0 Å². The lowest BCUT2D eigenvalue weighted by molar-refractivity contribution is 0.102. The van der Waals surface area contributed by atoms with Crippen LogP contribution in [0.2, 0.25) is 0 Å². The molecule has 188 valence electrons. The molecule has 5 aromatic rings. The van der Waals surface area contributed by atoms with E-state index in [2.05, 4.69) is 5.32 Å². The Hall–Kier alpha value is -4.50. The fraction of sp³-hybridized carbons (Fsp3) is 0.107. The molecule has 0 unspecified atom stereocenters. The number of fused-ring (bicyclic) bond motifs is 3. The normalized spacial score (nSPS) is 11.4. The van der Waals surface area contributed by atoms with Gasteiger partial charge in [0.05, 0.1) is 24.8 Å². The number of nitrogens with one attached hydrogen (secondary N) is 1. The Morgan fingerprint density at radius 2 is 1.51 bits per heavy atom. The number of anilines is 2. The summed E-state index contributed by atoms with van der Waals surface area (Å²) >= 11 is 0. The third kappa shape index (κ3) is 4.45. The predicted octanol–water partition coefficient (Wildman–Crippen LogP) is 5.68. The summed E-state index contributed by atoms with van der Waals surface area (Å²) in [4.78, 5) is 12.9. The van der Waals surface area contributed by atoms with Crippen LogP contribution in [0.4, 0.5) is 11.4 Å². The topological polar surface area (TPSA) is 98.1 Å². The van der Waals surface area contributed by atoms with Gasteiger partial charge in [0.1, 0.15) is 11.2 Å². The molecule has 0 aliphatic carbocycles. The van der Waals surface area contributed by atoms with Crippen molar-refractivity contribution in [3.8, 4) is 11.5 Å². The summed E-state index contributed by atoms with van der Waals surface area (Å²) < 4.78 is 43.8. The van der Waals surface area contributed by atoms with Crippen molar-refractivity contribution >= 4 is 49.2 Å². The standard InChI is InChI=1S/C28H24N2O6S/c1-30(37(32,33)21-13-15-25(34-2)27(17-21)35-3)20-11-8-18(9-12-20)28(31)29-19-10-14-23-22-6-4-5-7-24(22)36-26(23)16-19/h4-17H,1-3H3,(H,29,31). The van der Waals surface area contributed by atoms with E-state index in [1.54, 1.807) is 30.3 Å². The number of hydrogen-bond donors (Lipinski definition) is 1. The minimum absolute atomic E-state index is 0.0513. The second kappa shape index (κ2) is 9.51. The highest BCUT2D eigenvalue weighted by Gasteiger charge is 2.23. The maximum absolute atomic E-state index is 13.2. The number of benzene rings is 4. The highest BCUT2D eigenvalue weighted by Crippen LogP contribution is 2.32. The Morgan fingerprint density at radius 3 is 2.24 bits per heavy atom. The second-order valence-corrected chi connectivity index (χ2v) is 10.3. The van der Waals surface area contributed by atoms with E-state index in [-0.39, 0.29) is 10.8 Å². The number of sulfonamides is 1. The molecule has 0 saturated heterocycles. The van der Waals surface area contributed by atoms with Gasteiger partial charge in [-0.1, -0.05) is 18.2 Å². The summed E-state index contributed by atoms with van der Waals surface area (Å²) in [5.74, 6) is 0.413. The second-order valence-electron chi connectivity index (χ2n) is 8.30. The molecule has 0 bridgehead atoms. The van der Waals surface area contributed by atoms with Crippen LogP contribution in [0.1, 0.15) is 10.4 Å². The maximum Gasteiger partial charge on any atom is 0.264 e. The van der Waals surface area contributed by atoms with Crippen LogP contribution >= 0.6 is 0 Å². The van der Waals surface area contributed by atoms with Crippen molar-refractivity contribution in [2.45, 2.75) is 4.90 Å². The van der Waals surface area contributed by atoms with Gasteiger partial charge >= 0.3 is 0 Å². The molecule has 0 aliphatic heterocycles. The maximum atomic E-state index is 13.2. The van der Waals surface area contributed by atoms with E-state index in [0.717, 1.165) is 20.7 Å². The third-order valence-corrected chi connectivity index (χ3v) is 7.92. The number of nitrogens with zero attached hydrogens (tertiary/aromatic N) is 1. The van der Waals surface area contributed by atoms with Crippen LogP contribution in [0, 0.1) is 0 Å². The first-order valence-electron chi connectivity index (χ1n) is 11.4. The Kier molecular flexibility index (Phi) is 6.22. The van der Waals surface area contributed by atoms with E-state index in [1.165, 1.54) is 39.5 Å². The minimum Gasteiger partial charge on any atom is -0.493 e. The lowest BCUT2D eigenvalue weighted by atomic mass is 10.1. The summed E-state index contributed by atoms with van der Waals surface area (Å²) in [6.45, 7) is 0. The van der Waals surface area contributed by atoms with Crippen LogP contribution < -0.4 is 19.1 Å². The van der Waals surface area contributed by atoms with Crippen LogP contribution in [0.15, 0.2) is 94.2 Å². The van der Waals surface area contributed by atoms with Crippen molar-refractivity contribution in [1.29, 1.82) is 0 Å². The molecule has 0 saturated carbocycles. The molecular formula is C28H24N2O6S. The number of ether oxygens (including phenoxy) is 2. The van der Waals surface area contributed by atoms with Gasteiger partial charge in [0, 0.05) is 41.2 Å². The van der Waals surface area contributed by atoms with Crippen LogP contribution in [-0.2, 0) is 10.0 Å². The zero-order valence-corrected chi connectivity index (χ0v) is 21.2. The number of para-hydroxylation sites is 1. The summed E-state index contributed by atoms with van der Waals surface area (Å²) in [5.41, 5.74) is 2.83. The first-order valence-corrected chi connectivity index (χ1v) is 12.8. The molecule has 8 nitrogen and oxygen atoms in total. The lowest BCUT2D eigenvalue weighted by Gasteiger charge is -2.20. The zero-order chi connectivity index (χ0) is 26.2. The van der Waals surface area contributed by atoms with E-state index in [9.17, 15) is 13.2 Å². The first-order chi connectivity index (χ1) is 17.8. The Bertz CT molecular complexity index is 1730. The molecule has 5 rings (SSSR count). The van der Waals surface area contributed by atoms with E-state index in [1.807, 2.05) is 36.4 Å². The van der Waals surface area contributed by atoms with Crippen molar-refractivity contribution in [2.24, 2.45) is 0 Å².